The number of anilines is 3. The van der Waals surface area contributed by atoms with Crippen LogP contribution < -0.4 is 9.64 Å². The van der Waals surface area contributed by atoms with Gasteiger partial charge < -0.3 is 9.64 Å². The van der Waals surface area contributed by atoms with Gasteiger partial charge in [0, 0.05) is 22.0 Å². The van der Waals surface area contributed by atoms with Gasteiger partial charge in [-0.05, 0) is 141 Å². The molecule has 0 fully saturated rings. The summed E-state index contributed by atoms with van der Waals surface area (Å²) in [4.78, 5) is 2.62. The average Bonchev–Trinajstić information content (AvgIpc) is 3.55. The van der Waals surface area contributed by atoms with Crippen molar-refractivity contribution in [1.29, 1.82) is 0 Å². The van der Waals surface area contributed by atoms with Crippen molar-refractivity contribution in [2.45, 2.75) is 90.9 Å². The van der Waals surface area contributed by atoms with Crippen molar-refractivity contribution in [3.8, 4) is 33.8 Å². The Morgan fingerprint density at radius 3 is 1.53 bits per heavy atom. The van der Waals surface area contributed by atoms with E-state index in [-0.39, 0.29) is 16.2 Å². The third-order valence-corrected chi connectivity index (χ3v) is 14.3. The van der Waals surface area contributed by atoms with Crippen molar-refractivity contribution >= 4 is 17.1 Å². The minimum absolute atomic E-state index is 0.0626. The summed E-state index contributed by atoms with van der Waals surface area (Å²) in [5.74, 6) is 1.82. The molecule has 0 amide bonds. The molecular weight excluding hydrogens is 703 g/mol. The summed E-state index contributed by atoms with van der Waals surface area (Å²) in [6.45, 7) is 23.5. The quantitative estimate of drug-likeness (QED) is 0.166. The van der Waals surface area contributed by atoms with Gasteiger partial charge in [0.15, 0.2) is 0 Å². The predicted molar refractivity (Wildman–Crippen MR) is 241 cm³/mol. The highest BCUT2D eigenvalue weighted by Gasteiger charge is 2.53. The summed E-state index contributed by atoms with van der Waals surface area (Å²) >= 11 is 0. The number of aryl methyl sites for hydroxylation is 3. The van der Waals surface area contributed by atoms with Crippen molar-refractivity contribution in [2.24, 2.45) is 0 Å². The standard InChI is InChI=1S/C56H51NO/c1-32-25-33(2)52(34(3)26-32)57-48-24-23-35(53(4,5)6)27-46(48)56(41-19-13-15-21-50(41)58-51-22-16-14-20-42(51)56)47-30-39-38-29-43-37(36-17-11-12-18-40(36)54(43,7)8)28-44(38)55(9,10)45(39)31-49(47)57/h11-31H,1-10H3. The molecule has 4 aliphatic rings. The third-order valence-electron chi connectivity index (χ3n) is 14.3. The Labute approximate surface area is 344 Å². The molecule has 1 spiro atoms. The van der Waals surface area contributed by atoms with Crippen LogP contribution in [-0.2, 0) is 21.7 Å². The lowest BCUT2D eigenvalue weighted by molar-refractivity contribution is 0.433. The Morgan fingerprint density at radius 1 is 0.448 bits per heavy atom. The molecule has 2 nitrogen and oxygen atoms in total. The minimum atomic E-state index is -0.658. The van der Waals surface area contributed by atoms with Crippen molar-refractivity contribution in [1.82, 2.24) is 0 Å². The van der Waals surface area contributed by atoms with Gasteiger partial charge in [0.05, 0.1) is 22.5 Å². The van der Waals surface area contributed by atoms with E-state index >= 15 is 0 Å². The van der Waals surface area contributed by atoms with Crippen LogP contribution in [0.4, 0.5) is 17.1 Å². The lowest BCUT2D eigenvalue weighted by Gasteiger charge is -2.50. The van der Waals surface area contributed by atoms with Crippen molar-refractivity contribution in [3.05, 3.63) is 194 Å². The fourth-order valence-electron chi connectivity index (χ4n) is 11.6. The Balaban J connectivity index is 1.31. The first-order chi connectivity index (χ1) is 27.6. The molecule has 0 radical (unpaired) electrons. The summed E-state index contributed by atoms with van der Waals surface area (Å²) in [6.07, 6.45) is 0. The van der Waals surface area contributed by atoms with E-state index in [4.69, 9.17) is 4.74 Å². The maximum absolute atomic E-state index is 6.87. The summed E-state index contributed by atoms with van der Waals surface area (Å²) < 4.78 is 6.87. The number of fused-ring (bicyclic) bond motifs is 14. The van der Waals surface area contributed by atoms with Gasteiger partial charge >= 0.3 is 0 Å². The molecule has 11 rings (SSSR count). The first-order valence-corrected chi connectivity index (χ1v) is 21.0. The Kier molecular flexibility index (Phi) is 6.95. The monoisotopic (exact) mass is 753 g/mol. The predicted octanol–water partition coefficient (Wildman–Crippen LogP) is 14.8. The number of benzene rings is 7. The van der Waals surface area contributed by atoms with Gasteiger partial charge in [0.25, 0.3) is 0 Å². The molecule has 0 saturated heterocycles. The van der Waals surface area contributed by atoms with Gasteiger partial charge in [-0.2, -0.15) is 0 Å². The van der Waals surface area contributed by atoms with Crippen LogP contribution in [0, 0.1) is 20.8 Å². The van der Waals surface area contributed by atoms with Gasteiger partial charge in [0.1, 0.15) is 11.5 Å². The highest BCUT2D eigenvalue weighted by atomic mass is 16.5. The topological polar surface area (TPSA) is 12.5 Å². The molecule has 58 heavy (non-hydrogen) atoms. The molecule has 0 bridgehead atoms. The zero-order valence-electron chi connectivity index (χ0n) is 35.5. The zero-order valence-corrected chi connectivity index (χ0v) is 35.5. The zero-order chi connectivity index (χ0) is 40.3. The SMILES string of the molecule is Cc1cc(C)c(N2c3ccc(C(C)(C)C)cc3C3(c4ccccc4Oc4ccccc43)c3cc4c(cc32)C(C)(C)c2cc3c(cc2-4)C(C)(C)c2ccccc2-3)c(C)c1. The van der Waals surface area contributed by atoms with Gasteiger partial charge in [-0.25, -0.2) is 0 Å². The third kappa shape index (κ3) is 4.39. The van der Waals surface area contributed by atoms with E-state index < -0.39 is 5.41 Å². The van der Waals surface area contributed by atoms with E-state index in [9.17, 15) is 0 Å². The van der Waals surface area contributed by atoms with Crippen molar-refractivity contribution in [2.75, 3.05) is 4.90 Å². The fraction of sp³-hybridized carbons (Fsp3) is 0.250. The molecule has 0 unspecified atom stereocenters. The Morgan fingerprint density at radius 2 is 0.931 bits per heavy atom. The number of nitrogens with zero attached hydrogens (tertiary/aromatic N) is 1. The number of hydrogen-bond donors (Lipinski definition) is 0. The molecule has 286 valence electrons. The van der Waals surface area contributed by atoms with Crippen LogP contribution in [-0.4, -0.2) is 0 Å². The van der Waals surface area contributed by atoms with Gasteiger partial charge in [-0.3, -0.25) is 0 Å². The maximum Gasteiger partial charge on any atom is 0.132 e. The second-order valence-corrected chi connectivity index (χ2v) is 19.6. The summed E-state index contributed by atoms with van der Waals surface area (Å²) in [6, 6.07) is 48.9. The van der Waals surface area contributed by atoms with Crippen molar-refractivity contribution < 1.29 is 4.74 Å². The molecule has 2 heterocycles. The molecule has 0 aromatic heterocycles. The Bertz CT molecular complexity index is 2880. The van der Waals surface area contributed by atoms with Gasteiger partial charge in [-0.1, -0.05) is 139 Å². The normalized spacial score (nSPS) is 16.6. The molecule has 2 aliphatic carbocycles. The summed E-state index contributed by atoms with van der Waals surface area (Å²) in [7, 11) is 0. The number of para-hydroxylation sites is 2. The smallest absolute Gasteiger partial charge is 0.132 e. The van der Waals surface area contributed by atoms with Crippen LogP contribution in [0.3, 0.4) is 0 Å². The van der Waals surface area contributed by atoms with E-state index in [0.717, 1.165) is 11.5 Å². The average molecular weight is 754 g/mol. The van der Waals surface area contributed by atoms with E-state index in [0.29, 0.717) is 0 Å². The molecule has 2 aliphatic heterocycles. The lowest BCUT2D eigenvalue weighted by Crippen LogP contribution is -2.40. The van der Waals surface area contributed by atoms with Crippen LogP contribution in [0.1, 0.15) is 115 Å². The van der Waals surface area contributed by atoms with Crippen molar-refractivity contribution in [3.63, 3.8) is 0 Å². The van der Waals surface area contributed by atoms with E-state index in [1.807, 2.05) is 0 Å². The number of ether oxygens (including phenoxy) is 1. The van der Waals surface area contributed by atoms with Crippen LogP contribution >= 0.6 is 0 Å². The first-order valence-electron chi connectivity index (χ1n) is 21.0. The van der Waals surface area contributed by atoms with Crippen LogP contribution in [0.2, 0.25) is 0 Å². The Hall–Kier alpha value is -5.86. The second kappa shape index (κ2) is 11.4. The highest BCUT2D eigenvalue weighted by molar-refractivity contribution is 5.97. The van der Waals surface area contributed by atoms with Crippen LogP contribution in [0.5, 0.6) is 11.5 Å². The maximum atomic E-state index is 6.87. The molecule has 0 N–H and O–H groups in total. The number of rotatable bonds is 1. The molecule has 0 saturated carbocycles. The van der Waals surface area contributed by atoms with Crippen LogP contribution in [0.25, 0.3) is 22.3 Å². The summed E-state index contributed by atoms with van der Waals surface area (Å²) in [5.41, 5.74) is 23.8. The van der Waals surface area contributed by atoms with E-state index in [1.54, 1.807) is 0 Å². The molecule has 7 aromatic rings. The molecular formula is C56H51NO. The number of hydrogen-bond acceptors (Lipinski definition) is 2. The van der Waals surface area contributed by atoms with Gasteiger partial charge in [0.2, 0.25) is 0 Å². The van der Waals surface area contributed by atoms with E-state index in [2.05, 4.69) is 202 Å². The fourth-order valence-corrected chi connectivity index (χ4v) is 11.6. The second-order valence-electron chi connectivity index (χ2n) is 19.6. The van der Waals surface area contributed by atoms with Crippen LogP contribution in [0.15, 0.2) is 127 Å². The molecule has 2 heteroatoms. The lowest BCUT2D eigenvalue weighted by atomic mass is 9.60. The highest BCUT2D eigenvalue weighted by Crippen LogP contribution is 2.66. The molecule has 0 atom stereocenters. The first kappa shape index (κ1) is 35.3. The van der Waals surface area contributed by atoms with E-state index in [1.165, 1.54) is 106 Å². The molecule has 7 aromatic carbocycles. The largest absolute Gasteiger partial charge is 0.457 e. The minimum Gasteiger partial charge on any atom is -0.457 e. The summed E-state index contributed by atoms with van der Waals surface area (Å²) in [5, 5.41) is 0. The van der Waals surface area contributed by atoms with Gasteiger partial charge in [-0.15, -0.1) is 0 Å².